The van der Waals surface area contributed by atoms with Gasteiger partial charge in [0.05, 0.1) is 0 Å². The van der Waals surface area contributed by atoms with Crippen LogP contribution in [0.4, 0.5) is 0 Å². The Bertz CT molecular complexity index is 159. The minimum absolute atomic E-state index is 0.160. The molecule has 0 fully saturated rings. The molecule has 0 rings (SSSR count). The van der Waals surface area contributed by atoms with Crippen molar-refractivity contribution >= 4 is 5.78 Å². The van der Waals surface area contributed by atoms with E-state index in [1.807, 2.05) is 6.92 Å². The molecule has 0 amide bonds. The molecular weight excluding hydrogens is 124 g/mol. The average molecular weight is 138 g/mol. The zero-order valence-electron chi connectivity index (χ0n) is 6.90. The van der Waals surface area contributed by atoms with Gasteiger partial charge in [-0.05, 0) is 20.3 Å². The molecule has 56 valence electrons. The molecule has 0 saturated heterocycles. The highest BCUT2D eigenvalue weighted by Gasteiger charge is 2.08. The number of Topliss-reactive ketones (excluding diaryl/α,β-unsaturated/α-hetero) is 1. The summed E-state index contributed by atoms with van der Waals surface area (Å²) >= 11 is 0. The van der Waals surface area contributed by atoms with Crippen molar-refractivity contribution in [3.05, 3.63) is 0 Å². The van der Waals surface area contributed by atoms with Gasteiger partial charge in [-0.2, -0.15) is 0 Å². The first kappa shape index (κ1) is 9.23. The lowest BCUT2D eigenvalue weighted by Gasteiger charge is -2.04. The van der Waals surface area contributed by atoms with E-state index in [4.69, 9.17) is 0 Å². The third-order valence-corrected chi connectivity index (χ3v) is 1.59. The van der Waals surface area contributed by atoms with Gasteiger partial charge in [-0.25, -0.2) is 0 Å². The van der Waals surface area contributed by atoms with E-state index in [-0.39, 0.29) is 11.7 Å². The van der Waals surface area contributed by atoms with Crippen LogP contribution in [0.3, 0.4) is 0 Å². The molecule has 1 atom stereocenters. The molecule has 0 aromatic carbocycles. The Morgan fingerprint density at radius 2 is 2.20 bits per heavy atom. The fourth-order valence-corrected chi connectivity index (χ4v) is 0.801. The fraction of sp³-hybridized carbons (Fsp3) is 0.667. The van der Waals surface area contributed by atoms with E-state index >= 15 is 0 Å². The fourth-order valence-electron chi connectivity index (χ4n) is 0.801. The number of hydrogen-bond donors (Lipinski definition) is 0. The summed E-state index contributed by atoms with van der Waals surface area (Å²) in [5, 5.41) is 0. The van der Waals surface area contributed by atoms with Crippen LogP contribution < -0.4 is 0 Å². The molecule has 0 saturated carbocycles. The Morgan fingerprint density at radius 1 is 1.60 bits per heavy atom. The van der Waals surface area contributed by atoms with E-state index in [1.54, 1.807) is 13.8 Å². The molecule has 0 aliphatic heterocycles. The average Bonchev–Trinajstić information content (AvgIpc) is 1.89. The highest BCUT2D eigenvalue weighted by atomic mass is 16.1. The Kier molecular flexibility index (Phi) is 4.66. The van der Waals surface area contributed by atoms with Crippen LogP contribution in [0.1, 0.15) is 33.6 Å². The van der Waals surface area contributed by atoms with E-state index in [1.165, 1.54) is 0 Å². The molecule has 0 bridgehead atoms. The maximum atomic E-state index is 10.8. The summed E-state index contributed by atoms with van der Waals surface area (Å²) in [7, 11) is 0. The molecular formula is C9H14O. The first-order valence-electron chi connectivity index (χ1n) is 3.62. The van der Waals surface area contributed by atoms with Crippen LogP contribution in [0.5, 0.6) is 0 Å². The topological polar surface area (TPSA) is 17.1 Å². The molecule has 0 aliphatic rings. The van der Waals surface area contributed by atoms with Gasteiger partial charge in [-0.3, -0.25) is 4.79 Å². The lowest BCUT2D eigenvalue weighted by atomic mass is 9.99. The van der Waals surface area contributed by atoms with E-state index in [0.717, 1.165) is 12.8 Å². The van der Waals surface area contributed by atoms with Crippen LogP contribution >= 0.6 is 0 Å². The molecule has 1 heteroatoms. The van der Waals surface area contributed by atoms with E-state index in [9.17, 15) is 4.79 Å². The minimum Gasteiger partial charge on any atom is -0.300 e. The van der Waals surface area contributed by atoms with Crippen molar-refractivity contribution in [1.29, 1.82) is 0 Å². The van der Waals surface area contributed by atoms with Gasteiger partial charge in [0, 0.05) is 12.3 Å². The molecule has 0 aliphatic carbocycles. The molecule has 0 N–H and O–H groups in total. The Labute approximate surface area is 62.8 Å². The van der Waals surface area contributed by atoms with Crippen molar-refractivity contribution in [1.82, 2.24) is 0 Å². The summed E-state index contributed by atoms with van der Waals surface area (Å²) in [6.07, 6.45) is 1.63. The van der Waals surface area contributed by atoms with Crippen molar-refractivity contribution in [2.45, 2.75) is 33.6 Å². The van der Waals surface area contributed by atoms with E-state index < -0.39 is 0 Å². The number of rotatable bonds is 3. The SMILES string of the molecule is CC#CCC(CC)C(C)=O. The maximum absolute atomic E-state index is 10.8. The second-order valence-electron chi connectivity index (χ2n) is 2.35. The van der Waals surface area contributed by atoms with Crippen LogP contribution in [0.25, 0.3) is 0 Å². The van der Waals surface area contributed by atoms with Crippen LogP contribution in [-0.4, -0.2) is 5.78 Å². The molecule has 0 aromatic heterocycles. The highest BCUT2D eigenvalue weighted by Crippen LogP contribution is 2.07. The van der Waals surface area contributed by atoms with Crippen molar-refractivity contribution in [2.24, 2.45) is 5.92 Å². The number of ketones is 1. The third kappa shape index (κ3) is 3.29. The second kappa shape index (κ2) is 5.05. The van der Waals surface area contributed by atoms with Crippen LogP contribution in [0, 0.1) is 17.8 Å². The van der Waals surface area contributed by atoms with Gasteiger partial charge >= 0.3 is 0 Å². The molecule has 0 heterocycles. The molecule has 1 unspecified atom stereocenters. The zero-order chi connectivity index (χ0) is 7.98. The summed E-state index contributed by atoms with van der Waals surface area (Å²) in [6, 6.07) is 0. The van der Waals surface area contributed by atoms with Crippen molar-refractivity contribution < 1.29 is 4.79 Å². The molecule has 10 heavy (non-hydrogen) atoms. The highest BCUT2D eigenvalue weighted by molar-refractivity contribution is 5.78. The molecule has 0 aromatic rings. The lowest BCUT2D eigenvalue weighted by Crippen LogP contribution is -2.08. The van der Waals surface area contributed by atoms with Crippen molar-refractivity contribution in [3.63, 3.8) is 0 Å². The summed E-state index contributed by atoms with van der Waals surface area (Å²) in [6.45, 7) is 5.45. The third-order valence-electron chi connectivity index (χ3n) is 1.59. The first-order chi connectivity index (χ1) is 4.72. The summed E-state index contributed by atoms with van der Waals surface area (Å²) < 4.78 is 0. The van der Waals surface area contributed by atoms with Gasteiger partial charge in [0.2, 0.25) is 0 Å². The maximum Gasteiger partial charge on any atom is 0.133 e. The minimum atomic E-state index is 0.160. The smallest absolute Gasteiger partial charge is 0.133 e. The van der Waals surface area contributed by atoms with Crippen molar-refractivity contribution in [3.8, 4) is 11.8 Å². The monoisotopic (exact) mass is 138 g/mol. The van der Waals surface area contributed by atoms with Crippen LogP contribution in [0.15, 0.2) is 0 Å². The first-order valence-corrected chi connectivity index (χ1v) is 3.62. The quantitative estimate of drug-likeness (QED) is 0.545. The Morgan fingerprint density at radius 3 is 2.50 bits per heavy atom. The summed E-state index contributed by atoms with van der Waals surface area (Å²) in [5.41, 5.74) is 0. The van der Waals surface area contributed by atoms with Crippen LogP contribution in [0.2, 0.25) is 0 Å². The number of carbonyl (C=O) groups excluding carboxylic acids is 1. The second-order valence-corrected chi connectivity index (χ2v) is 2.35. The standard InChI is InChI=1S/C9H14O/c1-4-6-7-9(5-2)8(3)10/h9H,5,7H2,1-3H3. The van der Waals surface area contributed by atoms with Gasteiger partial charge in [0.1, 0.15) is 5.78 Å². The number of hydrogen-bond acceptors (Lipinski definition) is 1. The van der Waals surface area contributed by atoms with Gasteiger partial charge in [0.15, 0.2) is 0 Å². The van der Waals surface area contributed by atoms with Crippen molar-refractivity contribution in [2.75, 3.05) is 0 Å². The van der Waals surface area contributed by atoms with Crippen LogP contribution in [-0.2, 0) is 4.79 Å². The zero-order valence-corrected chi connectivity index (χ0v) is 6.90. The Balaban J connectivity index is 3.79. The molecule has 0 radical (unpaired) electrons. The number of carbonyl (C=O) groups is 1. The van der Waals surface area contributed by atoms with Gasteiger partial charge < -0.3 is 0 Å². The van der Waals surface area contributed by atoms with E-state index in [0.29, 0.717) is 0 Å². The lowest BCUT2D eigenvalue weighted by molar-refractivity contribution is -0.120. The normalized spacial score (nSPS) is 11.5. The Hall–Kier alpha value is -0.770. The summed E-state index contributed by atoms with van der Waals surface area (Å²) in [5.74, 6) is 6.11. The predicted octanol–water partition coefficient (Wildman–Crippen LogP) is 2.02. The van der Waals surface area contributed by atoms with Gasteiger partial charge in [0.25, 0.3) is 0 Å². The largest absolute Gasteiger partial charge is 0.300 e. The van der Waals surface area contributed by atoms with E-state index in [2.05, 4.69) is 11.8 Å². The summed E-state index contributed by atoms with van der Waals surface area (Å²) in [4.78, 5) is 10.8. The van der Waals surface area contributed by atoms with Gasteiger partial charge in [-0.15, -0.1) is 11.8 Å². The van der Waals surface area contributed by atoms with Gasteiger partial charge in [-0.1, -0.05) is 6.92 Å². The molecule has 0 spiro atoms. The predicted molar refractivity (Wildman–Crippen MR) is 42.5 cm³/mol. The molecule has 1 nitrogen and oxygen atoms in total.